The van der Waals surface area contributed by atoms with Crippen molar-refractivity contribution in [1.82, 2.24) is 9.88 Å². The van der Waals surface area contributed by atoms with Crippen LogP contribution in [0.5, 0.6) is 0 Å². The standard InChI is InChI=1S/C11H16N2O4/c1-7(2)13(5-9(14)16-4)11(15)10-8(3)12-6-17-10/h6-7H,5H2,1-4H3. The smallest absolute Gasteiger partial charge is 0.325 e. The van der Waals surface area contributed by atoms with E-state index in [9.17, 15) is 9.59 Å². The summed E-state index contributed by atoms with van der Waals surface area (Å²) < 4.78 is 9.57. The summed E-state index contributed by atoms with van der Waals surface area (Å²) in [4.78, 5) is 28.6. The van der Waals surface area contributed by atoms with Crippen molar-refractivity contribution in [2.45, 2.75) is 26.8 Å². The molecule has 0 radical (unpaired) electrons. The lowest BCUT2D eigenvalue weighted by molar-refractivity contribution is -0.141. The third kappa shape index (κ3) is 3.05. The zero-order chi connectivity index (χ0) is 13.0. The third-order valence-corrected chi connectivity index (χ3v) is 2.35. The monoisotopic (exact) mass is 240 g/mol. The van der Waals surface area contributed by atoms with E-state index < -0.39 is 5.97 Å². The average Bonchev–Trinajstić information content (AvgIpc) is 2.70. The number of methoxy groups -OCH3 is 1. The van der Waals surface area contributed by atoms with Crippen molar-refractivity contribution in [2.24, 2.45) is 0 Å². The van der Waals surface area contributed by atoms with E-state index in [1.807, 2.05) is 13.8 Å². The number of rotatable bonds is 4. The molecule has 0 atom stereocenters. The summed E-state index contributed by atoms with van der Waals surface area (Å²) in [6.45, 7) is 5.19. The number of aryl methyl sites for hydroxylation is 1. The molecule has 1 amide bonds. The Kier molecular flexibility index (Phi) is 4.25. The van der Waals surface area contributed by atoms with E-state index in [0.717, 1.165) is 0 Å². The summed E-state index contributed by atoms with van der Waals surface area (Å²) in [5, 5.41) is 0. The molecule has 0 saturated carbocycles. The molecule has 0 aliphatic carbocycles. The normalized spacial score (nSPS) is 10.4. The third-order valence-electron chi connectivity index (χ3n) is 2.35. The molecule has 1 heterocycles. The van der Waals surface area contributed by atoms with E-state index in [1.165, 1.54) is 18.4 Å². The molecule has 94 valence electrons. The fourth-order valence-corrected chi connectivity index (χ4v) is 1.33. The Morgan fingerprint density at radius 3 is 2.59 bits per heavy atom. The Bertz CT molecular complexity index is 411. The van der Waals surface area contributed by atoms with Crippen LogP contribution in [0.2, 0.25) is 0 Å². The molecule has 0 bridgehead atoms. The van der Waals surface area contributed by atoms with Gasteiger partial charge in [-0.3, -0.25) is 9.59 Å². The van der Waals surface area contributed by atoms with Gasteiger partial charge in [-0.15, -0.1) is 0 Å². The summed E-state index contributed by atoms with van der Waals surface area (Å²) in [6.07, 6.45) is 1.21. The number of oxazole rings is 1. The van der Waals surface area contributed by atoms with Crippen molar-refractivity contribution in [3.63, 3.8) is 0 Å². The molecule has 0 aliphatic rings. The first-order chi connectivity index (χ1) is 7.97. The van der Waals surface area contributed by atoms with Gasteiger partial charge in [0.2, 0.25) is 5.76 Å². The molecule has 1 rings (SSSR count). The number of esters is 1. The molecule has 0 spiro atoms. The summed E-state index contributed by atoms with van der Waals surface area (Å²) in [5.74, 6) is -0.674. The van der Waals surface area contributed by atoms with Crippen LogP contribution in [0.3, 0.4) is 0 Å². The van der Waals surface area contributed by atoms with Gasteiger partial charge in [0.05, 0.1) is 12.8 Å². The molecule has 6 nitrogen and oxygen atoms in total. The van der Waals surface area contributed by atoms with Crippen LogP contribution in [0.25, 0.3) is 0 Å². The highest BCUT2D eigenvalue weighted by molar-refractivity contribution is 5.94. The maximum absolute atomic E-state index is 12.1. The molecular formula is C11H16N2O4. The second-order valence-corrected chi connectivity index (χ2v) is 3.87. The minimum Gasteiger partial charge on any atom is -0.468 e. The molecule has 0 aromatic carbocycles. The molecule has 0 saturated heterocycles. The van der Waals surface area contributed by atoms with Crippen molar-refractivity contribution in [1.29, 1.82) is 0 Å². The van der Waals surface area contributed by atoms with Crippen LogP contribution in [-0.4, -0.2) is 41.5 Å². The zero-order valence-electron chi connectivity index (χ0n) is 10.4. The predicted molar refractivity (Wildman–Crippen MR) is 59.4 cm³/mol. The summed E-state index contributed by atoms with van der Waals surface area (Å²) >= 11 is 0. The van der Waals surface area contributed by atoms with Crippen LogP contribution in [0, 0.1) is 6.92 Å². The van der Waals surface area contributed by atoms with Crippen LogP contribution in [0.15, 0.2) is 10.8 Å². The second-order valence-electron chi connectivity index (χ2n) is 3.87. The molecular weight excluding hydrogens is 224 g/mol. The fourth-order valence-electron chi connectivity index (χ4n) is 1.33. The van der Waals surface area contributed by atoms with E-state index in [-0.39, 0.29) is 24.3 Å². The van der Waals surface area contributed by atoms with Crippen molar-refractivity contribution in [3.05, 3.63) is 17.8 Å². The van der Waals surface area contributed by atoms with Crippen molar-refractivity contribution in [2.75, 3.05) is 13.7 Å². The Morgan fingerprint density at radius 1 is 1.53 bits per heavy atom. The number of carbonyl (C=O) groups excluding carboxylic acids is 2. The molecule has 1 aromatic heterocycles. The maximum atomic E-state index is 12.1. The first kappa shape index (κ1) is 13.2. The van der Waals surface area contributed by atoms with E-state index in [4.69, 9.17) is 4.42 Å². The topological polar surface area (TPSA) is 72.6 Å². The van der Waals surface area contributed by atoms with Crippen LogP contribution in [0.1, 0.15) is 30.1 Å². The Hall–Kier alpha value is -1.85. The lowest BCUT2D eigenvalue weighted by atomic mass is 10.2. The van der Waals surface area contributed by atoms with Crippen LogP contribution < -0.4 is 0 Å². The van der Waals surface area contributed by atoms with Crippen molar-refractivity contribution in [3.8, 4) is 0 Å². The van der Waals surface area contributed by atoms with Gasteiger partial charge in [-0.1, -0.05) is 0 Å². The van der Waals surface area contributed by atoms with Crippen molar-refractivity contribution < 1.29 is 18.7 Å². The largest absolute Gasteiger partial charge is 0.468 e. The maximum Gasteiger partial charge on any atom is 0.325 e. The number of hydrogen-bond donors (Lipinski definition) is 0. The average molecular weight is 240 g/mol. The summed E-state index contributed by atoms with van der Waals surface area (Å²) in [7, 11) is 1.28. The molecule has 0 N–H and O–H groups in total. The van der Waals surface area contributed by atoms with Gasteiger partial charge in [0.25, 0.3) is 5.91 Å². The van der Waals surface area contributed by atoms with Gasteiger partial charge in [-0.05, 0) is 20.8 Å². The van der Waals surface area contributed by atoms with Crippen molar-refractivity contribution >= 4 is 11.9 Å². The SMILES string of the molecule is COC(=O)CN(C(=O)c1ocnc1C)C(C)C. The number of hydrogen-bond acceptors (Lipinski definition) is 5. The number of aromatic nitrogens is 1. The van der Waals surface area contributed by atoms with Gasteiger partial charge < -0.3 is 14.1 Å². The molecule has 1 aromatic rings. The minimum absolute atomic E-state index is 0.104. The number of ether oxygens (including phenoxy) is 1. The van der Waals surface area contributed by atoms with Gasteiger partial charge in [0.15, 0.2) is 6.39 Å². The molecule has 0 fully saturated rings. The lowest BCUT2D eigenvalue weighted by Gasteiger charge is -2.24. The van der Waals surface area contributed by atoms with E-state index >= 15 is 0 Å². The molecule has 0 aliphatic heterocycles. The van der Waals surface area contributed by atoms with E-state index in [1.54, 1.807) is 6.92 Å². The van der Waals surface area contributed by atoms with E-state index in [0.29, 0.717) is 5.69 Å². The molecule has 0 unspecified atom stereocenters. The van der Waals surface area contributed by atoms with Crippen LogP contribution in [-0.2, 0) is 9.53 Å². The Morgan fingerprint density at radius 2 is 2.18 bits per heavy atom. The van der Waals surface area contributed by atoms with E-state index in [2.05, 4.69) is 9.72 Å². The first-order valence-corrected chi connectivity index (χ1v) is 5.25. The highest BCUT2D eigenvalue weighted by Gasteiger charge is 2.25. The summed E-state index contributed by atoms with van der Waals surface area (Å²) in [5.41, 5.74) is 0.505. The minimum atomic E-state index is -0.468. The zero-order valence-corrected chi connectivity index (χ0v) is 10.4. The van der Waals surface area contributed by atoms with Crippen LogP contribution in [0.4, 0.5) is 0 Å². The fraction of sp³-hybridized carbons (Fsp3) is 0.545. The number of carbonyl (C=O) groups is 2. The second kappa shape index (κ2) is 5.47. The first-order valence-electron chi connectivity index (χ1n) is 5.25. The Labute approximate surface area is 99.6 Å². The van der Waals surface area contributed by atoms with Gasteiger partial charge in [-0.25, -0.2) is 4.98 Å². The quantitative estimate of drug-likeness (QED) is 0.734. The lowest BCUT2D eigenvalue weighted by Crippen LogP contribution is -2.41. The summed E-state index contributed by atoms with van der Waals surface area (Å²) in [6, 6.07) is -0.133. The van der Waals surface area contributed by atoms with Gasteiger partial charge in [0.1, 0.15) is 6.54 Å². The predicted octanol–water partition coefficient (Wildman–Crippen LogP) is 1.01. The Balaban J connectivity index is 2.89. The van der Waals surface area contributed by atoms with Gasteiger partial charge in [0, 0.05) is 6.04 Å². The van der Waals surface area contributed by atoms with Crippen LogP contribution >= 0.6 is 0 Å². The highest BCUT2D eigenvalue weighted by atomic mass is 16.5. The molecule has 6 heteroatoms. The van der Waals surface area contributed by atoms with Gasteiger partial charge >= 0.3 is 5.97 Å². The van der Waals surface area contributed by atoms with Gasteiger partial charge in [-0.2, -0.15) is 0 Å². The highest BCUT2D eigenvalue weighted by Crippen LogP contribution is 2.11. The number of amides is 1. The molecule has 17 heavy (non-hydrogen) atoms. The number of nitrogens with zero attached hydrogens (tertiary/aromatic N) is 2.